The van der Waals surface area contributed by atoms with Crippen LogP contribution in [0.5, 0.6) is 0 Å². The topological polar surface area (TPSA) is 6.25 Å². The van der Waals surface area contributed by atoms with Gasteiger partial charge < -0.3 is 17.3 Å². The van der Waals surface area contributed by atoms with Crippen LogP contribution in [0.2, 0.25) is 10.0 Å². The molecule has 2 aromatic rings. The predicted octanol–water partition coefficient (Wildman–Crippen LogP) is 4.98. The lowest BCUT2D eigenvalue weighted by Crippen LogP contribution is -3.00. The van der Waals surface area contributed by atoms with Gasteiger partial charge in [-0.05, 0) is 55.8 Å². The van der Waals surface area contributed by atoms with Crippen molar-refractivity contribution in [2.75, 3.05) is 19.0 Å². The Bertz CT molecular complexity index is 1260. The molecule has 0 saturated heterocycles. The van der Waals surface area contributed by atoms with Gasteiger partial charge in [0.2, 0.25) is 5.69 Å². The molecule has 0 radical (unpaired) electrons. The number of halogens is 3. The molecule has 0 atom stereocenters. The summed E-state index contributed by atoms with van der Waals surface area (Å²) in [5, 5.41) is 1.56. The second-order valence-corrected chi connectivity index (χ2v) is 10.6. The Kier molecular flexibility index (Phi) is 7.57. The van der Waals surface area contributed by atoms with Gasteiger partial charge in [-0.15, -0.1) is 0 Å². The number of anilines is 1. The summed E-state index contributed by atoms with van der Waals surface area (Å²) in [7, 11) is 4.23. The van der Waals surface area contributed by atoms with Crippen molar-refractivity contribution in [1.82, 2.24) is 0 Å². The lowest BCUT2D eigenvalue weighted by molar-refractivity contribution is -0.401. The van der Waals surface area contributed by atoms with E-state index < -0.39 is 0 Å². The van der Waals surface area contributed by atoms with Crippen LogP contribution >= 0.6 is 23.2 Å². The van der Waals surface area contributed by atoms with E-state index in [1.807, 2.05) is 12.1 Å². The summed E-state index contributed by atoms with van der Waals surface area (Å²) in [6.07, 6.45) is 14.8. The van der Waals surface area contributed by atoms with Gasteiger partial charge in [0.15, 0.2) is 5.71 Å². The SMILES string of the molecule is CN1C(=CC=CC=CC=CC2=[N+](C)c3ccc(Cl)cc3C2(C)C)C(C)(C)c2cc(Cl)ccc21.[Cl-]. The molecule has 0 spiro atoms. The van der Waals surface area contributed by atoms with Crippen molar-refractivity contribution in [3.05, 3.63) is 106 Å². The molecule has 0 amide bonds. The summed E-state index contributed by atoms with van der Waals surface area (Å²) in [5.41, 5.74) is 7.28. The van der Waals surface area contributed by atoms with E-state index in [2.05, 4.69) is 118 Å². The van der Waals surface area contributed by atoms with E-state index in [9.17, 15) is 0 Å². The Morgan fingerprint density at radius 2 is 1.38 bits per heavy atom. The molecule has 178 valence electrons. The van der Waals surface area contributed by atoms with E-state index in [1.165, 1.54) is 33.9 Å². The van der Waals surface area contributed by atoms with Crippen LogP contribution in [-0.4, -0.2) is 24.4 Å². The average Bonchev–Trinajstić information content (AvgIpc) is 3.06. The maximum absolute atomic E-state index is 6.25. The fourth-order valence-electron chi connectivity index (χ4n) is 5.10. The molecule has 2 aliphatic heterocycles. The summed E-state index contributed by atoms with van der Waals surface area (Å²) in [4.78, 5) is 2.25. The third-order valence-corrected chi connectivity index (χ3v) is 7.41. The van der Waals surface area contributed by atoms with E-state index >= 15 is 0 Å². The van der Waals surface area contributed by atoms with E-state index in [0.717, 1.165) is 10.0 Å². The monoisotopic (exact) mass is 512 g/mol. The molecule has 0 aromatic heterocycles. The predicted molar refractivity (Wildman–Crippen MR) is 144 cm³/mol. The highest BCUT2D eigenvalue weighted by Crippen LogP contribution is 2.47. The lowest BCUT2D eigenvalue weighted by atomic mass is 9.81. The van der Waals surface area contributed by atoms with Gasteiger partial charge in [-0.25, -0.2) is 0 Å². The highest BCUT2D eigenvalue weighted by Gasteiger charge is 2.43. The first-order valence-electron chi connectivity index (χ1n) is 11.2. The van der Waals surface area contributed by atoms with Gasteiger partial charge >= 0.3 is 0 Å². The van der Waals surface area contributed by atoms with Crippen molar-refractivity contribution >= 4 is 40.3 Å². The Balaban J connectivity index is 0.00000324. The Labute approximate surface area is 220 Å². The van der Waals surface area contributed by atoms with Crippen LogP contribution in [0.25, 0.3) is 0 Å². The molecule has 5 heteroatoms. The van der Waals surface area contributed by atoms with Gasteiger partial charge in [0.05, 0.1) is 5.41 Å². The molecule has 2 aliphatic rings. The summed E-state index contributed by atoms with van der Waals surface area (Å²) in [6, 6.07) is 12.3. The molecule has 2 aromatic carbocycles. The van der Waals surface area contributed by atoms with Crippen molar-refractivity contribution in [2.45, 2.75) is 38.5 Å². The molecule has 0 N–H and O–H groups in total. The molecule has 34 heavy (non-hydrogen) atoms. The van der Waals surface area contributed by atoms with Gasteiger partial charge in [-0.3, -0.25) is 0 Å². The molecular formula is C29H31Cl3N2. The molecule has 0 saturated carbocycles. The van der Waals surface area contributed by atoms with Gasteiger partial charge in [-0.1, -0.05) is 67.4 Å². The second-order valence-electron chi connectivity index (χ2n) is 9.76. The van der Waals surface area contributed by atoms with Crippen molar-refractivity contribution in [3.8, 4) is 0 Å². The van der Waals surface area contributed by atoms with Crippen LogP contribution < -0.4 is 17.3 Å². The minimum absolute atomic E-state index is 0. The lowest BCUT2D eigenvalue weighted by Gasteiger charge is -2.23. The van der Waals surface area contributed by atoms with Crippen LogP contribution in [-0.2, 0) is 10.8 Å². The molecular weight excluding hydrogens is 483 g/mol. The van der Waals surface area contributed by atoms with Gasteiger partial charge in [0, 0.05) is 51.6 Å². The van der Waals surface area contributed by atoms with Crippen LogP contribution in [0.4, 0.5) is 11.4 Å². The second kappa shape index (κ2) is 9.77. The minimum Gasteiger partial charge on any atom is -1.00 e. The maximum Gasteiger partial charge on any atom is 0.209 e. The molecule has 4 rings (SSSR count). The van der Waals surface area contributed by atoms with Crippen LogP contribution in [0.1, 0.15) is 38.8 Å². The number of benzene rings is 2. The normalized spacial score (nSPS) is 19.5. The largest absolute Gasteiger partial charge is 1.00 e. The minimum atomic E-state index is -0.0872. The van der Waals surface area contributed by atoms with E-state index in [-0.39, 0.29) is 23.2 Å². The quantitative estimate of drug-likeness (QED) is 0.413. The first kappa shape index (κ1) is 26.3. The zero-order valence-electron chi connectivity index (χ0n) is 20.5. The van der Waals surface area contributed by atoms with Gasteiger partial charge in [0.1, 0.15) is 7.05 Å². The number of likely N-dealkylation sites (N-methyl/N-ethyl adjacent to an activating group) is 1. The van der Waals surface area contributed by atoms with E-state index in [1.54, 1.807) is 0 Å². The molecule has 2 heterocycles. The smallest absolute Gasteiger partial charge is 0.209 e. The van der Waals surface area contributed by atoms with Crippen molar-refractivity contribution < 1.29 is 17.0 Å². The standard InChI is InChI=1S/C29H31Cl2N2.ClH/c1-28(2)22-18-20(30)14-16-24(22)32(5)26(28)12-10-8-7-9-11-13-27-29(3,4)23-19-21(31)15-17-25(23)33(27)6;/h7-19H,1-6H3;1H/q+1;/p-1. The van der Waals surface area contributed by atoms with Crippen LogP contribution in [0, 0.1) is 0 Å². The first-order chi connectivity index (χ1) is 15.5. The summed E-state index contributed by atoms with van der Waals surface area (Å²) in [5.74, 6) is 0. The Morgan fingerprint density at radius 1 is 0.794 bits per heavy atom. The maximum atomic E-state index is 6.25. The molecule has 2 nitrogen and oxygen atoms in total. The highest BCUT2D eigenvalue weighted by molar-refractivity contribution is 6.31. The summed E-state index contributed by atoms with van der Waals surface area (Å²) >= 11 is 12.5. The molecule has 0 fully saturated rings. The first-order valence-corrected chi connectivity index (χ1v) is 12.0. The highest BCUT2D eigenvalue weighted by atomic mass is 35.5. The van der Waals surface area contributed by atoms with Crippen LogP contribution in [0.15, 0.2) is 84.6 Å². The Hall–Kier alpha value is -2.26. The van der Waals surface area contributed by atoms with Crippen molar-refractivity contribution in [3.63, 3.8) is 0 Å². The summed E-state index contributed by atoms with van der Waals surface area (Å²) in [6.45, 7) is 8.97. The molecule has 0 unspecified atom stereocenters. The zero-order chi connectivity index (χ0) is 24.0. The number of hydrogen-bond donors (Lipinski definition) is 0. The molecule has 0 aliphatic carbocycles. The van der Waals surface area contributed by atoms with Crippen LogP contribution in [0.3, 0.4) is 0 Å². The molecule has 0 bridgehead atoms. The fraction of sp³-hybridized carbons (Fsp3) is 0.276. The fourth-order valence-corrected chi connectivity index (χ4v) is 5.45. The van der Waals surface area contributed by atoms with Crippen molar-refractivity contribution in [1.29, 1.82) is 0 Å². The number of nitrogens with zero attached hydrogens (tertiary/aromatic N) is 2. The van der Waals surface area contributed by atoms with Crippen molar-refractivity contribution in [2.24, 2.45) is 0 Å². The van der Waals surface area contributed by atoms with E-state index in [0.29, 0.717) is 0 Å². The summed E-state index contributed by atoms with van der Waals surface area (Å²) < 4.78 is 2.25. The number of fused-ring (bicyclic) bond motifs is 2. The third kappa shape index (κ3) is 4.52. The van der Waals surface area contributed by atoms with E-state index in [4.69, 9.17) is 23.2 Å². The number of hydrogen-bond acceptors (Lipinski definition) is 1. The zero-order valence-corrected chi connectivity index (χ0v) is 22.8. The third-order valence-electron chi connectivity index (χ3n) is 6.94. The number of allylic oxidation sites excluding steroid dienone is 8. The average molecular weight is 514 g/mol. The number of rotatable bonds is 4. The Morgan fingerprint density at radius 3 is 2.09 bits per heavy atom. The van der Waals surface area contributed by atoms with Gasteiger partial charge in [-0.2, -0.15) is 4.58 Å². The van der Waals surface area contributed by atoms with Gasteiger partial charge in [0.25, 0.3) is 0 Å².